The molecule has 2 nitrogen and oxygen atoms in total. The van der Waals surface area contributed by atoms with Crippen LogP contribution in [0.4, 0.5) is 0 Å². The van der Waals surface area contributed by atoms with Crippen molar-refractivity contribution in [1.82, 2.24) is 0 Å². The third-order valence-electron chi connectivity index (χ3n) is 1.35. The molecule has 0 radical (unpaired) electrons. The van der Waals surface area contributed by atoms with E-state index in [1.165, 1.54) is 11.3 Å². The van der Waals surface area contributed by atoms with Gasteiger partial charge in [0.05, 0.1) is 5.56 Å². The van der Waals surface area contributed by atoms with Crippen molar-refractivity contribution in [3.05, 3.63) is 20.3 Å². The molecule has 1 aromatic rings. The van der Waals surface area contributed by atoms with Gasteiger partial charge < -0.3 is 5.11 Å². The van der Waals surface area contributed by atoms with E-state index in [0.29, 0.717) is 5.56 Å². The molecule has 0 aromatic carbocycles. The highest BCUT2D eigenvalue weighted by atomic mass is 79.9. The molecule has 4 heteroatoms. The second-order valence-corrected chi connectivity index (χ2v) is 3.80. The van der Waals surface area contributed by atoms with E-state index in [-0.39, 0.29) is 0 Å². The fraction of sp³-hybridized carbons (Fsp3) is 0.286. The largest absolute Gasteiger partial charge is 0.478 e. The predicted molar refractivity (Wildman–Crippen MR) is 48.4 cm³/mol. The molecule has 1 rings (SSSR count). The van der Waals surface area contributed by atoms with Crippen molar-refractivity contribution in [2.24, 2.45) is 0 Å². The number of carbonyl (C=O) groups is 1. The minimum atomic E-state index is -0.868. The lowest BCUT2D eigenvalue weighted by molar-refractivity contribution is 0.0696. The molecule has 1 heterocycles. The Balaban J connectivity index is 3.10. The molecule has 0 saturated carbocycles. The summed E-state index contributed by atoms with van der Waals surface area (Å²) in [6.45, 7) is 2.00. The van der Waals surface area contributed by atoms with E-state index in [1.807, 2.05) is 6.92 Å². The van der Waals surface area contributed by atoms with Crippen LogP contribution in [0.3, 0.4) is 0 Å². The van der Waals surface area contributed by atoms with Crippen molar-refractivity contribution >= 4 is 33.2 Å². The maximum absolute atomic E-state index is 10.5. The number of aryl methyl sites for hydroxylation is 1. The van der Waals surface area contributed by atoms with E-state index in [1.54, 1.807) is 5.38 Å². The Morgan fingerprint density at radius 2 is 2.45 bits per heavy atom. The number of rotatable bonds is 2. The molecular weight excluding hydrogens is 228 g/mol. The van der Waals surface area contributed by atoms with Gasteiger partial charge in [-0.15, -0.1) is 11.3 Å². The van der Waals surface area contributed by atoms with Gasteiger partial charge >= 0.3 is 5.97 Å². The third-order valence-corrected chi connectivity index (χ3v) is 3.65. The average molecular weight is 235 g/mol. The smallest absolute Gasteiger partial charge is 0.337 e. The van der Waals surface area contributed by atoms with Crippen LogP contribution >= 0.6 is 27.3 Å². The summed E-state index contributed by atoms with van der Waals surface area (Å²) >= 11 is 4.72. The summed E-state index contributed by atoms with van der Waals surface area (Å²) in [5, 5.41) is 10.3. The van der Waals surface area contributed by atoms with Gasteiger partial charge in [-0.1, -0.05) is 6.92 Å². The van der Waals surface area contributed by atoms with Crippen LogP contribution in [0.5, 0.6) is 0 Å². The summed E-state index contributed by atoms with van der Waals surface area (Å²) in [7, 11) is 0. The van der Waals surface area contributed by atoms with E-state index >= 15 is 0 Å². The van der Waals surface area contributed by atoms with Crippen molar-refractivity contribution in [1.29, 1.82) is 0 Å². The van der Waals surface area contributed by atoms with Gasteiger partial charge in [0.2, 0.25) is 0 Å². The quantitative estimate of drug-likeness (QED) is 0.855. The molecule has 0 saturated heterocycles. The first-order valence-corrected chi connectivity index (χ1v) is 4.83. The Labute approximate surface area is 77.0 Å². The fourth-order valence-corrected chi connectivity index (χ4v) is 2.62. The molecule has 1 N–H and O–H groups in total. The molecule has 0 aliphatic rings. The molecule has 0 aliphatic carbocycles. The first kappa shape index (κ1) is 8.74. The summed E-state index contributed by atoms with van der Waals surface area (Å²) in [5.74, 6) is -0.868. The number of thiophene rings is 1. The van der Waals surface area contributed by atoms with Crippen molar-refractivity contribution < 1.29 is 9.90 Å². The zero-order chi connectivity index (χ0) is 8.43. The van der Waals surface area contributed by atoms with Crippen LogP contribution in [0.15, 0.2) is 9.85 Å². The topological polar surface area (TPSA) is 37.3 Å². The Morgan fingerprint density at radius 1 is 1.82 bits per heavy atom. The molecule has 0 amide bonds. The molecule has 60 valence electrons. The standard InChI is InChI=1S/C7H7BrO2S/c1-2-5-6(8)4(3-11-5)7(9)10/h3H,2H2,1H3,(H,9,10). The first-order chi connectivity index (χ1) is 5.16. The highest BCUT2D eigenvalue weighted by Gasteiger charge is 2.12. The van der Waals surface area contributed by atoms with Gasteiger partial charge in [0, 0.05) is 14.7 Å². The number of carboxylic acids is 1. The van der Waals surface area contributed by atoms with E-state index in [0.717, 1.165) is 15.8 Å². The van der Waals surface area contributed by atoms with E-state index < -0.39 is 5.97 Å². The number of halogens is 1. The lowest BCUT2D eigenvalue weighted by atomic mass is 10.3. The molecule has 0 atom stereocenters. The van der Waals surface area contributed by atoms with Crippen molar-refractivity contribution in [3.63, 3.8) is 0 Å². The minimum Gasteiger partial charge on any atom is -0.478 e. The van der Waals surface area contributed by atoms with Crippen molar-refractivity contribution in [2.75, 3.05) is 0 Å². The van der Waals surface area contributed by atoms with E-state index in [9.17, 15) is 4.79 Å². The molecule has 0 spiro atoms. The highest BCUT2D eigenvalue weighted by Crippen LogP contribution is 2.28. The van der Waals surface area contributed by atoms with Gasteiger partial charge in [-0.2, -0.15) is 0 Å². The van der Waals surface area contributed by atoms with Crippen molar-refractivity contribution in [2.45, 2.75) is 13.3 Å². The van der Waals surface area contributed by atoms with Crippen LogP contribution in [0.1, 0.15) is 22.2 Å². The molecule has 0 unspecified atom stereocenters. The van der Waals surface area contributed by atoms with Crippen LogP contribution in [0.2, 0.25) is 0 Å². The zero-order valence-corrected chi connectivity index (χ0v) is 8.33. The fourth-order valence-electron chi connectivity index (χ4n) is 0.767. The summed E-state index contributed by atoms with van der Waals surface area (Å²) in [4.78, 5) is 11.6. The second kappa shape index (κ2) is 3.36. The Kier molecular flexibility index (Phi) is 2.67. The lowest BCUT2D eigenvalue weighted by Crippen LogP contribution is -1.94. The van der Waals surface area contributed by atoms with Gasteiger partial charge in [-0.25, -0.2) is 4.79 Å². The van der Waals surface area contributed by atoms with Crippen LogP contribution < -0.4 is 0 Å². The summed E-state index contributed by atoms with van der Waals surface area (Å²) in [5.41, 5.74) is 0.367. The molecule has 11 heavy (non-hydrogen) atoms. The predicted octanol–water partition coefficient (Wildman–Crippen LogP) is 2.77. The van der Waals surface area contributed by atoms with Crippen LogP contribution in [-0.4, -0.2) is 11.1 Å². The average Bonchev–Trinajstić information content (AvgIpc) is 2.30. The third kappa shape index (κ3) is 1.62. The Bertz CT molecular complexity index is 280. The van der Waals surface area contributed by atoms with Crippen LogP contribution in [0, 0.1) is 0 Å². The maximum Gasteiger partial charge on any atom is 0.337 e. The number of hydrogen-bond donors (Lipinski definition) is 1. The van der Waals surface area contributed by atoms with Gasteiger partial charge in [0.25, 0.3) is 0 Å². The monoisotopic (exact) mass is 234 g/mol. The van der Waals surface area contributed by atoms with E-state index in [2.05, 4.69) is 15.9 Å². The molecule has 1 aromatic heterocycles. The minimum absolute atomic E-state index is 0.367. The van der Waals surface area contributed by atoms with E-state index in [4.69, 9.17) is 5.11 Å². The Hall–Kier alpha value is -0.350. The van der Waals surface area contributed by atoms with Crippen molar-refractivity contribution in [3.8, 4) is 0 Å². The Morgan fingerprint density at radius 3 is 2.73 bits per heavy atom. The second-order valence-electron chi connectivity index (χ2n) is 2.05. The molecular formula is C7H7BrO2S. The number of carboxylic acid groups (broad SMARTS) is 1. The molecule has 0 bridgehead atoms. The molecule has 0 fully saturated rings. The molecule has 0 aliphatic heterocycles. The van der Waals surface area contributed by atoms with Gasteiger partial charge in [-0.05, 0) is 22.4 Å². The first-order valence-electron chi connectivity index (χ1n) is 3.16. The van der Waals surface area contributed by atoms with Gasteiger partial charge in [-0.3, -0.25) is 0 Å². The number of hydrogen-bond acceptors (Lipinski definition) is 2. The maximum atomic E-state index is 10.5. The highest BCUT2D eigenvalue weighted by molar-refractivity contribution is 9.10. The normalized spacial score (nSPS) is 10.0. The SMILES string of the molecule is CCc1scc(C(=O)O)c1Br. The summed E-state index contributed by atoms with van der Waals surface area (Å²) in [6.07, 6.45) is 0.874. The van der Waals surface area contributed by atoms with Crippen LogP contribution in [0.25, 0.3) is 0 Å². The summed E-state index contributed by atoms with van der Waals surface area (Å²) in [6, 6.07) is 0. The van der Waals surface area contributed by atoms with Crippen LogP contribution in [-0.2, 0) is 6.42 Å². The number of aromatic carboxylic acids is 1. The van der Waals surface area contributed by atoms with Gasteiger partial charge in [0.1, 0.15) is 0 Å². The zero-order valence-electron chi connectivity index (χ0n) is 5.93. The summed E-state index contributed by atoms with van der Waals surface area (Å²) < 4.78 is 0.734. The lowest BCUT2D eigenvalue weighted by Gasteiger charge is -1.91. The van der Waals surface area contributed by atoms with Gasteiger partial charge in [0.15, 0.2) is 0 Å².